The molecule has 2 N–H and O–H groups in total. The summed E-state index contributed by atoms with van der Waals surface area (Å²) in [7, 11) is 0. The van der Waals surface area contributed by atoms with E-state index < -0.39 is 11.6 Å². The van der Waals surface area contributed by atoms with Gasteiger partial charge in [0.25, 0.3) is 0 Å². The van der Waals surface area contributed by atoms with Crippen LogP contribution in [0.2, 0.25) is 0 Å². The summed E-state index contributed by atoms with van der Waals surface area (Å²) in [6, 6.07) is 0. The summed E-state index contributed by atoms with van der Waals surface area (Å²) in [6.07, 6.45) is 19.6. The highest BCUT2D eigenvalue weighted by Gasteiger charge is 2.28. The number of carboxylic acid groups (broad SMARTS) is 1. The minimum Gasteiger partial charge on any atom is -0.481 e. The Balaban J connectivity index is 3.71. The molecule has 0 heterocycles. The normalized spacial score (nSPS) is 13.7. The van der Waals surface area contributed by atoms with E-state index in [-0.39, 0.29) is 6.42 Å². The zero-order valence-electron chi connectivity index (χ0n) is 17.0. The Morgan fingerprint density at radius 2 is 0.960 bits per heavy atom. The third kappa shape index (κ3) is 16.6. The lowest BCUT2D eigenvalue weighted by Gasteiger charge is -2.26. The molecule has 0 radical (unpaired) electrons. The second-order valence-electron chi connectivity index (χ2n) is 7.89. The minimum atomic E-state index is -0.987. The maximum atomic E-state index is 11.0. The van der Waals surface area contributed by atoms with Gasteiger partial charge >= 0.3 is 5.97 Å². The SMILES string of the molecule is CCCCCCCCCCCCCC(O)(CCCCCC)CC(=O)O. The van der Waals surface area contributed by atoms with Crippen molar-refractivity contribution in [3.05, 3.63) is 0 Å². The third-order valence-electron chi connectivity index (χ3n) is 5.22. The van der Waals surface area contributed by atoms with Gasteiger partial charge in [0.2, 0.25) is 0 Å². The highest BCUT2D eigenvalue weighted by Crippen LogP contribution is 2.26. The van der Waals surface area contributed by atoms with Crippen molar-refractivity contribution in [2.24, 2.45) is 0 Å². The molecular formula is C22H44O3. The van der Waals surface area contributed by atoms with Gasteiger partial charge < -0.3 is 10.2 Å². The molecular weight excluding hydrogens is 312 g/mol. The van der Waals surface area contributed by atoms with Gasteiger partial charge in [-0.25, -0.2) is 0 Å². The van der Waals surface area contributed by atoms with Crippen LogP contribution < -0.4 is 0 Å². The van der Waals surface area contributed by atoms with Crippen LogP contribution in [-0.2, 0) is 4.79 Å². The molecule has 0 saturated heterocycles. The molecule has 0 aliphatic carbocycles. The minimum absolute atomic E-state index is 0.100. The number of carbonyl (C=O) groups is 1. The van der Waals surface area contributed by atoms with Crippen LogP contribution in [0, 0.1) is 0 Å². The molecule has 0 bridgehead atoms. The summed E-state index contributed by atoms with van der Waals surface area (Å²) < 4.78 is 0. The van der Waals surface area contributed by atoms with E-state index in [9.17, 15) is 9.90 Å². The first-order valence-corrected chi connectivity index (χ1v) is 11.0. The molecule has 0 fully saturated rings. The molecule has 1 atom stereocenters. The first-order valence-electron chi connectivity index (χ1n) is 11.0. The van der Waals surface area contributed by atoms with Gasteiger partial charge in [0.1, 0.15) is 0 Å². The van der Waals surface area contributed by atoms with Crippen LogP contribution in [0.5, 0.6) is 0 Å². The van der Waals surface area contributed by atoms with Gasteiger partial charge in [0, 0.05) is 0 Å². The highest BCUT2D eigenvalue weighted by atomic mass is 16.4. The van der Waals surface area contributed by atoms with Crippen molar-refractivity contribution >= 4 is 5.97 Å². The third-order valence-corrected chi connectivity index (χ3v) is 5.22. The summed E-state index contributed by atoms with van der Waals surface area (Å²) >= 11 is 0. The molecule has 0 spiro atoms. The lowest BCUT2D eigenvalue weighted by atomic mass is 9.87. The number of unbranched alkanes of at least 4 members (excludes halogenated alkanes) is 13. The van der Waals surface area contributed by atoms with Crippen LogP contribution in [0.15, 0.2) is 0 Å². The first-order chi connectivity index (χ1) is 12.0. The lowest BCUT2D eigenvalue weighted by molar-refractivity contribution is -0.143. The monoisotopic (exact) mass is 356 g/mol. The molecule has 0 rings (SSSR count). The molecule has 3 nitrogen and oxygen atoms in total. The van der Waals surface area contributed by atoms with Gasteiger partial charge in [-0.15, -0.1) is 0 Å². The number of hydrogen-bond acceptors (Lipinski definition) is 2. The maximum absolute atomic E-state index is 11.0. The van der Waals surface area contributed by atoms with Gasteiger partial charge in [0.15, 0.2) is 0 Å². The Kier molecular flexibility index (Phi) is 16.5. The molecule has 0 aromatic heterocycles. The number of rotatable bonds is 19. The van der Waals surface area contributed by atoms with Gasteiger partial charge in [-0.05, 0) is 12.8 Å². The summed E-state index contributed by atoms with van der Waals surface area (Å²) in [5.41, 5.74) is -0.987. The van der Waals surface area contributed by atoms with E-state index in [2.05, 4.69) is 13.8 Å². The number of aliphatic hydroxyl groups is 1. The quantitative estimate of drug-likeness (QED) is 0.248. The smallest absolute Gasteiger partial charge is 0.306 e. The van der Waals surface area contributed by atoms with E-state index in [0.717, 1.165) is 32.1 Å². The average molecular weight is 357 g/mol. The fraction of sp³-hybridized carbons (Fsp3) is 0.955. The van der Waals surface area contributed by atoms with Gasteiger partial charge in [-0.1, -0.05) is 110 Å². The Morgan fingerprint density at radius 3 is 1.32 bits per heavy atom. The van der Waals surface area contributed by atoms with Crippen molar-refractivity contribution in [3.8, 4) is 0 Å². The molecule has 0 saturated carbocycles. The largest absolute Gasteiger partial charge is 0.481 e. The Morgan fingerprint density at radius 1 is 0.640 bits per heavy atom. The van der Waals surface area contributed by atoms with Crippen LogP contribution in [-0.4, -0.2) is 21.8 Å². The van der Waals surface area contributed by atoms with E-state index in [1.807, 2.05) is 0 Å². The zero-order chi connectivity index (χ0) is 18.8. The van der Waals surface area contributed by atoms with Crippen molar-refractivity contribution in [2.75, 3.05) is 0 Å². The van der Waals surface area contributed by atoms with E-state index in [4.69, 9.17) is 5.11 Å². The number of hydrogen-bond donors (Lipinski definition) is 2. The summed E-state index contributed by atoms with van der Waals surface area (Å²) in [4.78, 5) is 11.0. The molecule has 0 aliphatic rings. The number of aliphatic carboxylic acids is 1. The van der Waals surface area contributed by atoms with Gasteiger partial charge in [0.05, 0.1) is 12.0 Å². The van der Waals surface area contributed by atoms with Crippen molar-refractivity contribution < 1.29 is 15.0 Å². The predicted octanol–water partition coefficient (Wildman–Crippen LogP) is 6.86. The van der Waals surface area contributed by atoms with Crippen LogP contribution in [0.1, 0.15) is 129 Å². The Hall–Kier alpha value is -0.570. The zero-order valence-corrected chi connectivity index (χ0v) is 17.0. The molecule has 0 aromatic rings. The standard InChI is InChI=1S/C22H44O3/c1-3-5-7-9-10-11-12-13-14-15-17-19-22(25,20-21(23)24)18-16-8-6-4-2/h25H,3-20H2,1-2H3,(H,23,24). The van der Waals surface area contributed by atoms with Crippen molar-refractivity contribution in [3.63, 3.8) is 0 Å². The van der Waals surface area contributed by atoms with E-state index >= 15 is 0 Å². The average Bonchev–Trinajstić information content (AvgIpc) is 2.56. The molecule has 1 unspecified atom stereocenters. The molecule has 0 amide bonds. The van der Waals surface area contributed by atoms with Gasteiger partial charge in [-0.3, -0.25) is 4.79 Å². The summed E-state index contributed by atoms with van der Waals surface area (Å²) in [6.45, 7) is 4.41. The maximum Gasteiger partial charge on any atom is 0.306 e. The lowest BCUT2D eigenvalue weighted by Crippen LogP contribution is -2.31. The molecule has 150 valence electrons. The van der Waals surface area contributed by atoms with Crippen molar-refractivity contribution in [2.45, 2.75) is 135 Å². The van der Waals surface area contributed by atoms with Crippen LogP contribution in [0.4, 0.5) is 0 Å². The first kappa shape index (κ1) is 24.4. The Bertz CT molecular complexity index is 304. The fourth-order valence-electron chi connectivity index (χ4n) is 3.58. The van der Waals surface area contributed by atoms with E-state index in [0.29, 0.717) is 12.8 Å². The highest BCUT2D eigenvalue weighted by molar-refractivity contribution is 5.68. The predicted molar refractivity (Wildman–Crippen MR) is 107 cm³/mol. The Labute approximate surface area is 156 Å². The van der Waals surface area contributed by atoms with Crippen LogP contribution in [0.3, 0.4) is 0 Å². The van der Waals surface area contributed by atoms with Crippen LogP contribution >= 0.6 is 0 Å². The summed E-state index contributed by atoms with van der Waals surface area (Å²) in [5, 5.41) is 19.7. The van der Waals surface area contributed by atoms with Crippen LogP contribution in [0.25, 0.3) is 0 Å². The fourth-order valence-corrected chi connectivity index (χ4v) is 3.58. The molecule has 0 aromatic carbocycles. The second-order valence-corrected chi connectivity index (χ2v) is 7.89. The molecule has 0 aliphatic heterocycles. The molecule has 25 heavy (non-hydrogen) atoms. The summed E-state index contributed by atoms with van der Waals surface area (Å²) in [5.74, 6) is -0.874. The van der Waals surface area contributed by atoms with Crippen molar-refractivity contribution in [1.82, 2.24) is 0 Å². The van der Waals surface area contributed by atoms with Crippen molar-refractivity contribution in [1.29, 1.82) is 0 Å². The van der Waals surface area contributed by atoms with E-state index in [1.54, 1.807) is 0 Å². The number of carboxylic acids is 1. The second kappa shape index (κ2) is 16.9. The van der Waals surface area contributed by atoms with E-state index in [1.165, 1.54) is 64.2 Å². The van der Waals surface area contributed by atoms with Gasteiger partial charge in [-0.2, -0.15) is 0 Å². The molecule has 3 heteroatoms. The topological polar surface area (TPSA) is 57.5 Å².